The van der Waals surface area contributed by atoms with E-state index in [-0.39, 0.29) is 23.8 Å². The number of anilines is 1. The normalized spacial score (nSPS) is 11.2. The number of hydrogen-bond acceptors (Lipinski definition) is 5. The lowest BCUT2D eigenvalue weighted by Gasteiger charge is -2.23. The molecule has 3 aromatic rings. The van der Waals surface area contributed by atoms with Crippen molar-refractivity contribution >= 4 is 21.7 Å². The van der Waals surface area contributed by atoms with Gasteiger partial charge in [-0.15, -0.1) is 0 Å². The van der Waals surface area contributed by atoms with Crippen molar-refractivity contribution in [3.63, 3.8) is 0 Å². The number of aromatic carboxylic acids is 1. The maximum absolute atomic E-state index is 12.9. The number of carbonyl (C=O) groups is 1. The fraction of sp³-hybridized carbons (Fsp3) is 0.150. The molecule has 0 unspecified atom stereocenters. The first kappa shape index (κ1) is 19.5. The third kappa shape index (κ3) is 4.17. The van der Waals surface area contributed by atoms with E-state index in [0.717, 1.165) is 0 Å². The molecule has 0 fully saturated rings. The zero-order chi connectivity index (χ0) is 20.1. The van der Waals surface area contributed by atoms with Crippen LogP contribution in [0.15, 0.2) is 76.0 Å². The number of hydrogen-bond donors (Lipinski definition) is 1. The van der Waals surface area contributed by atoms with Gasteiger partial charge in [0, 0.05) is 6.54 Å². The van der Waals surface area contributed by atoms with Gasteiger partial charge in [-0.2, -0.15) is 0 Å². The summed E-state index contributed by atoms with van der Waals surface area (Å²) in [4.78, 5) is 11.0. The molecule has 3 rings (SSSR count). The van der Waals surface area contributed by atoms with Gasteiger partial charge in [0.05, 0.1) is 10.6 Å². The number of nitrogens with zero attached hydrogens (tertiary/aromatic N) is 1. The molecule has 0 saturated heterocycles. The summed E-state index contributed by atoms with van der Waals surface area (Å²) in [6, 6.07) is 17.8. The third-order valence-electron chi connectivity index (χ3n) is 4.00. The van der Waals surface area contributed by atoms with E-state index < -0.39 is 16.0 Å². The maximum atomic E-state index is 12.9. The van der Waals surface area contributed by atoms with Crippen LogP contribution in [-0.2, 0) is 16.6 Å². The molecular weight excluding hydrogens is 382 g/mol. The number of benzene rings is 2. The second-order valence-electron chi connectivity index (χ2n) is 5.84. The molecule has 1 aromatic heterocycles. The lowest BCUT2D eigenvalue weighted by atomic mass is 10.3. The Balaban J connectivity index is 1.72. The molecule has 8 heteroatoms. The number of carboxylic acid groups (broad SMARTS) is 1. The summed E-state index contributed by atoms with van der Waals surface area (Å²) >= 11 is 0. The van der Waals surface area contributed by atoms with Crippen LogP contribution < -0.4 is 9.04 Å². The van der Waals surface area contributed by atoms with Gasteiger partial charge in [0.1, 0.15) is 18.1 Å². The first-order chi connectivity index (χ1) is 13.4. The quantitative estimate of drug-likeness (QED) is 0.617. The fourth-order valence-corrected chi connectivity index (χ4v) is 4.14. The van der Waals surface area contributed by atoms with Crippen molar-refractivity contribution in [2.75, 3.05) is 10.8 Å². The molecule has 28 heavy (non-hydrogen) atoms. The number of furan rings is 1. The van der Waals surface area contributed by atoms with Gasteiger partial charge >= 0.3 is 5.97 Å². The second kappa shape index (κ2) is 8.18. The molecule has 0 spiro atoms. The molecule has 1 heterocycles. The highest BCUT2D eigenvalue weighted by Crippen LogP contribution is 2.26. The summed E-state index contributed by atoms with van der Waals surface area (Å²) in [6.45, 7) is 2.11. The number of sulfonamides is 1. The lowest BCUT2D eigenvalue weighted by molar-refractivity contribution is 0.0658. The monoisotopic (exact) mass is 401 g/mol. The summed E-state index contributed by atoms with van der Waals surface area (Å²) in [5, 5.41) is 8.85. The summed E-state index contributed by atoms with van der Waals surface area (Å²) in [6.07, 6.45) is 0. The van der Waals surface area contributed by atoms with Crippen molar-refractivity contribution in [2.45, 2.75) is 18.4 Å². The van der Waals surface area contributed by atoms with Crippen LogP contribution in [0, 0.1) is 0 Å². The third-order valence-corrected chi connectivity index (χ3v) is 5.91. The van der Waals surface area contributed by atoms with Crippen molar-refractivity contribution in [3.8, 4) is 5.75 Å². The van der Waals surface area contributed by atoms with Crippen LogP contribution in [0.2, 0.25) is 0 Å². The standard InChI is InChI=1S/C20H19NO6S/c1-2-21(28(24,25)18-6-4-3-5-7-18)15-8-10-16(11-9-15)26-14-17-12-13-19(27-17)20(22)23/h3-13H,2,14H2,1H3,(H,22,23). The number of rotatable bonds is 8. The highest BCUT2D eigenvalue weighted by Gasteiger charge is 2.23. The molecule has 1 N–H and O–H groups in total. The Morgan fingerprint density at radius 2 is 1.71 bits per heavy atom. The van der Waals surface area contributed by atoms with Gasteiger partial charge in [-0.05, 0) is 55.5 Å². The van der Waals surface area contributed by atoms with E-state index >= 15 is 0 Å². The molecule has 0 bridgehead atoms. The number of carboxylic acids is 1. The predicted octanol–water partition coefficient (Wildman–Crippen LogP) is 3.77. The van der Waals surface area contributed by atoms with E-state index in [4.69, 9.17) is 14.3 Å². The van der Waals surface area contributed by atoms with Gasteiger partial charge in [-0.1, -0.05) is 18.2 Å². The predicted molar refractivity (Wildman–Crippen MR) is 103 cm³/mol. The van der Waals surface area contributed by atoms with E-state index in [1.54, 1.807) is 61.5 Å². The molecule has 0 saturated carbocycles. The van der Waals surface area contributed by atoms with Crippen LogP contribution in [-0.4, -0.2) is 26.0 Å². The first-order valence-electron chi connectivity index (χ1n) is 8.54. The Morgan fingerprint density at radius 1 is 1.04 bits per heavy atom. The van der Waals surface area contributed by atoms with Crippen LogP contribution in [0.4, 0.5) is 5.69 Å². The van der Waals surface area contributed by atoms with Gasteiger partial charge in [0.25, 0.3) is 10.0 Å². The van der Waals surface area contributed by atoms with Crippen LogP contribution in [0.25, 0.3) is 0 Å². The summed E-state index contributed by atoms with van der Waals surface area (Å²) in [5.74, 6) is -0.415. The topological polar surface area (TPSA) is 97.0 Å². The van der Waals surface area contributed by atoms with Gasteiger partial charge in [0.15, 0.2) is 0 Å². The van der Waals surface area contributed by atoms with E-state index in [9.17, 15) is 13.2 Å². The molecule has 2 aromatic carbocycles. The van der Waals surface area contributed by atoms with Crippen LogP contribution >= 0.6 is 0 Å². The highest BCUT2D eigenvalue weighted by atomic mass is 32.2. The molecule has 0 amide bonds. The molecule has 0 atom stereocenters. The molecule has 0 aliphatic rings. The fourth-order valence-electron chi connectivity index (χ4n) is 2.64. The molecule has 0 aliphatic carbocycles. The van der Waals surface area contributed by atoms with Gasteiger partial charge in [0.2, 0.25) is 5.76 Å². The van der Waals surface area contributed by atoms with E-state index in [0.29, 0.717) is 17.2 Å². The van der Waals surface area contributed by atoms with E-state index in [1.165, 1.54) is 16.4 Å². The SMILES string of the molecule is CCN(c1ccc(OCc2ccc(C(=O)O)o2)cc1)S(=O)(=O)c1ccccc1. The highest BCUT2D eigenvalue weighted by molar-refractivity contribution is 7.92. The minimum Gasteiger partial charge on any atom is -0.486 e. The van der Waals surface area contributed by atoms with Crippen molar-refractivity contribution in [1.29, 1.82) is 0 Å². The van der Waals surface area contributed by atoms with E-state index in [2.05, 4.69) is 0 Å². The maximum Gasteiger partial charge on any atom is 0.371 e. The largest absolute Gasteiger partial charge is 0.486 e. The lowest BCUT2D eigenvalue weighted by Crippen LogP contribution is -2.30. The summed E-state index contributed by atoms with van der Waals surface area (Å²) in [7, 11) is -3.66. The van der Waals surface area contributed by atoms with Crippen molar-refractivity contribution in [2.24, 2.45) is 0 Å². The zero-order valence-electron chi connectivity index (χ0n) is 15.1. The molecule has 146 valence electrons. The Bertz CT molecular complexity index is 1040. The van der Waals surface area contributed by atoms with Gasteiger partial charge in [-0.3, -0.25) is 4.31 Å². The van der Waals surface area contributed by atoms with Crippen molar-refractivity contribution < 1.29 is 27.5 Å². The second-order valence-corrected chi connectivity index (χ2v) is 7.70. The molecule has 0 radical (unpaired) electrons. The Labute approximate surface area is 162 Å². The Hall–Kier alpha value is -3.26. The van der Waals surface area contributed by atoms with Crippen molar-refractivity contribution in [1.82, 2.24) is 0 Å². The van der Waals surface area contributed by atoms with E-state index in [1.807, 2.05) is 0 Å². The van der Waals surface area contributed by atoms with Crippen LogP contribution in [0.5, 0.6) is 5.75 Å². The van der Waals surface area contributed by atoms with Crippen LogP contribution in [0.3, 0.4) is 0 Å². The van der Waals surface area contributed by atoms with Gasteiger partial charge < -0.3 is 14.3 Å². The average molecular weight is 401 g/mol. The van der Waals surface area contributed by atoms with Crippen LogP contribution in [0.1, 0.15) is 23.2 Å². The van der Waals surface area contributed by atoms with Gasteiger partial charge in [-0.25, -0.2) is 13.2 Å². The molecule has 0 aliphatic heterocycles. The molecular formula is C20H19NO6S. The Morgan fingerprint density at radius 3 is 2.29 bits per heavy atom. The minimum atomic E-state index is -3.66. The summed E-state index contributed by atoms with van der Waals surface area (Å²) < 4.78 is 37.7. The number of ether oxygens (including phenoxy) is 1. The summed E-state index contributed by atoms with van der Waals surface area (Å²) in [5.41, 5.74) is 0.518. The van der Waals surface area contributed by atoms with Crippen molar-refractivity contribution in [3.05, 3.63) is 78.3 Å². The Kier molecular flexibility index (Phi) is 5.70. The smallest absolute Gasteiger partial charge is 0.371 e. The molecule has 7 nitrogen and oxygen atoms in total. The first-order valence-corrected chi connectivity index (χ1v) is 9.98. The minimum absolute atomic E-state index is 0.0619. The average Bonchev–Trinajstić information content (AvgIpc) is 3.18. The zero-order valence-corrected chi connectivity index (χ0v) is 15.9.